The second-order valence-corrected chi connectivity index (χ2v) is 9.25. The Bertz CT molecular complexity index is 877. The van der Waals surface area contributed by atoms with E-state index in [9.17, 15) is 4.79 Å². The fraction of sp³-hybridized carbons (Fsp3) is 0.520. The van der Waals surface area contributed by atoms with Gasteiger partial charge in [0.1, 0.15) is 0 Å². The third-order valence-electron chi connectivity index (χ3n) is 7.11. The van der Waals surface area contributed by atoms with Crippen LogP contribution >= 0.6 is 12.4 Å². The van der Waals surface area contributed by atoms with E-state index < -0.39 is 0 Å². The number of hydrogen-bond acceptors (Lipinski definition) is 4. The molecular weight excluding hydrogens is 408 g/mol. The Morgan fingerprint density at radius 2 is 2.06 bits per heavy atom. The smallest absolute Gasteiger partial charge is 0.226 e. The van der Waals surface area contributed by atoms with Crippen molar-refractivity contribution in [1.82, 2.24) is 15.2 Å². The summed E-state index contributed by atoms with van der Waals surface area (Å²) in [6.45, 7) is 5.28. The number of aromatic nitrogens is 1. The Morgan fingerprint density at radius 3 is 2.94 bits per heavy atom. The first-order valence-corrected chi connectivity index (χ1v) is 11.5. The number of fused-ring (bicyclic) bond motifs is 3. The predicted molar refractivity (Wildman–Crippen MR) is 126 cm³/mol. The molecule has 1 aromatic carbocycles. The number of halogens is 1. The molecule has 3 aliphatic rings. The van der Waals surface area contributed by atoms with Crippen molar-refractivity contribution in [2.24, 2.45) is 11.8 Å². The summed E-state index contributed by atoms with van der Waals surface area (Å²) >= 11 is 0. The number of hydrogen-bond donors (Lipinski definition) is 1. The molecule has 0 aliphatic carbocycles. The number of para-hydroxylation sites is 1. The number of carbonyl (C=O) groups is 1. The molecule has 4 heterocycles. The lowest BCUT2D eigenvalue weighted by atomic mass is 9.79. The highest BCUT2D eigenvalue weighted by Gasteiger charge is 2.36. The average molecular weight is 441 g/mol. The monoisotopic (exact) mass is 440 g/mol. The molecule has 1 amide bonds. The van der Waals surface area contributed by atoms with E-state index in [1.54, 1.807) is 0 Å². The highest BCUT2D eigenvalue weighted by Crippen LogP contribution is 2.32. The van der Waals surface area contributed by atoms with Gasteiger partial charge in [0.25, 0.3) is 0 Å². The topological polar surface area (TPSA) is 48.5 Å². The van der Waals surface area contributed by atoms with Gasteiger partial charge < -0.3 is 10.2 Å². The summed E-state index contributed by atoms with van der Waals surface area (Å²) in [4.78, 5) is 21.7. The molecule has 31 heavy (non-hydrogen) atoms. The van der Waals surface area contributed by atoms with E-state index in [0.717, 1.165) is 57.0 Å². The van der Waals surface area contributed by atoms with Gasteiger partial charge in [-0.3, -0.25) is 14.7 Å². The zero-order valence-electron chi connectivity index (χ0n) is 18.1. The van der Waals surface area contributed by atoms with E-state index in [0.29, 0.717) is 18.4 Å². The van der Waals surface area contributed by atoms with E-state index in [4.69, 9.17) is 0 Å². The Morgan fingerprint density at radius 1 is 1.16 bits per heavy atom. The van der Waals surface area contributed by atoms with Crippen molar-refractivity contribution in [2.45, 2.75) is 44.7 Å². The quantitative estimate of drug-likeness (QED) is 0.744. The lowest BCUT2D eigenvalue weighted by Gasteiger charge is -2.46. The summed E-state index contributed by atoms with van der Waals surface area (Å²) in [5.74, 6) is 1.73. The van der Waals surface area contributed by atoms with E-state index in [-0.39, 0.29) is 18.3 Å². The van der Waals surface area contributed by atoms with Crippen LogP contribution in [0.5, 0.6) is 0 Å². The number of carbonyl (C=O) groups excluding carboxylic acids is 1. The maximum absolute atomic E-state index is 12.8. The van der Waals surface area contributed by atoms with E-state index in [1.807, 2.05) is 29.4 Å². The molecule has 5 nitrogen and oxygen atoms in total. The van der Waals surface area contributed by atoms with Gasteiger partial charge >= 0.3 is 0 Å². The molecule has 3 atom stereocenters. The Kier molecular flexibility index (Phi) is 7.26. The Hall–Kier alpha value is -1.95. The number of amides is 1. The summed E-state index contributed by atoms with van der Waals surface area (Å²) in [7, 11) is 0. The van der Waals surface area contributed by atoms with Gasteiger partial charge in [0.2, 0.25) is 5.91 Å². The van der Waals surface area contributed by atoms with Crippen LogP contribution in [-0.2, 0) is 17.8 Å². The van der Waals surface area contributed by atoms with Gasteiger partial charge in [0.05, 0.1) is 0 Å². The maximum Gasteiger partial charge on any atom is 0.226 e. The van der Waals surface area contributed by atoms with Crippen LogP contribution in [0, 0.1) is 11.8 Å². The first-order valence-electron chi connectivity index (χ1n) is 11.5. The third kappa shape index (κ3) is 5.11. The number of pyridine rings is 1. The normalized spacial score (nSPS) is 25.0. The number of nitrogens with one attached hydrogen (secondary N) is 1. The molecule has 1 aromatic heterocycles. The number of piperidine rings is 2. The molecule has 2 bridgehead atoms. The second-order valence-electron chi connectivity index (χ2n) is 9.25. The number of benzene rings is 1. The van der Waals surface area contributed by atoms with Crippen molar-refractivity contribution in [2.75, 3.05) is 31.1 Å². The summed E-state index contributed by atoms with van der Waals surface area (Å²) < 4.78 is 0. The molecule has 0 spiro atoms. The van der Waals surface area contributed by atoms with Gasteiger partial charge in [-0.05, 0) is 67.3 Å². The molecule has 0 saturated carbocycles. The first-order chi connectivity index (χ1) is 14.8. The van der Waals surface area contributed by atoms with E-state index >= 15 is 0 Å². The van der Waals surface area contributed by atoms with Crippen molar-refractivity contribution >= 4 is 24.0 Å². The van der Waals surface area contributed by atoms with E-state index in [2.05, 4.69) is 39.5 Å². The fourth-order valence-corrected chi connectivity index (χ4v) is 5.69. The molecule has 2 saturated heterocycles. The van der Waals surface area contributed by atoms with Crippen LogP contribution < -0.4 is 10.2 Å². The van der Waals surface area contributed by atoms with Gasteiger partial charge in [-0.1, -0.05) is 24.3 Å². The summed E-state index contributed by atoms with van der Waals surface area (Å²) in [6.07, 6.45) is 8.87. The standard InChI is InChI=1S/C25H32N4O.ClH/c30-25(29-12-10-21-6-1-2-8-24(21)29)9-3-7-23-22-13-20(15-27-23)17-28(18-22)16-19-5-4-11-26-14-19;/h1-2,4-6,8,11,14,20,22-23,27H,3,7,9-10,12-13,15-18H2;1H/t20?,22?,23-;/m1./s1. The van der Waals surface area contributed by atoms with Crippen molar-refractivity contribution < 1.29 is 4.79 Å². The lowest BCUT2D eigenvalue weighted by Crippen LogP contribution is -2.55. The van der Waals surface area contributed by atoms with Crippen LogP contribution in [0.4, 0.5) is 5.69 Å². The fourth-order valence-electron chi connectivity index (χ4n) is 5.69. The molecule has 6 heteroatoms. The number of likely N-dealkylation sites (tertiary alicyclic amines) is 1. The highest BCUT2D eigenvalue weighted by molar-refractivity contribution is 5.95. The first kappa shape index (κ1) is 22.3. The molecule has 2 unspecified atom stereocenters. The van der Waals surface area contributed by atoms with Gasteiger partial charge in [-0.15, -0.1) is 12.4 Å². The van der Waals surface area contributed by atoms with Crippen LogP contribution in [0.15, 0.2) is 48.8 Å². The molecule has 2 aromatic rings. The number of nitrogens with zero attached hydrogens (tertiary/aromatic N) is 3. The van der Waals surface area contributed by atoms with Crippen molar-refractivity contribution in [1.29, 1.82) is 0 Å². The number of rotatable bonds is 6. The van der Waals surface area contributed by atoms with Crippen LogP contribution in [0.2, 0.25) is 0 Å². The minimum absolute atomic E-state index is 0. The third-order valence-corrected chi connectivity index (χ3v) is 7.11. The minimum atomic E-state index is 0. The van der Waals surface area contributed by atoms with Crippen molar-refractivity contribution in [3.05, 3.63) is 59.9 Å². The summed E-state index contributed by atoms with van der Waals surface area (Å²) in [5.41, 5.74) is 3.74. The Balaban J connectivity index is 0.00000231. The second kappa shape index (κ2) is 10.1. The molecule has 166 valence electrons. The molecule has 0 radical (unpaired) electrons. The molecule has 5 rings (SSSR count). The predicted octanol–water partition coefficient (Wildman–Crippen LogP) is 3.67. The van der Waals surface area contributed by atoms with Crippen molar-refractivity contribution in [3.63, 3.8) is 0 Å². The summed E-state index contributed by atoms with van der Waals surface area (Å²) in [6, 6.07) is 13.1. The van der Waals surface area contributed by atoms with Crippen LogP contribution in [-0.4, -0.2) is 48.0 Å². The summed E-state index contributed by atoms with van der Waals surface area (Å²) in [5, 5.41) is 3.80. The molecular formula is C25H33ClN4O. The lowest BCUT2D eigenvalue weighted by molar-refractivity contribution is -0.118. The van der Waals surface area contributed by atoms with Gasteiger partial charge in [-0.25, -0.2) is 0 Å². The highest BCUT2D eigenvalue weighted by atomic mass is 35.5. The largest absolute Gasteiger partial charge is 0.313 e. The zero-order valence-corrected chi connectivity index (χ0v) is 18.9. The van der Waals surface area contributed by atoms with Crippen molar-refractivity contribution in [3.8, 4) is 0 Å². The minimum Gasteiger partial charge on any atom is -0.313 e. The molecule has 1 N–H and O–H groups in total. The van der Waals surface area contributed by atoms with Gasteiger partial charge in [0, 0.05) is 56.7 Å². The van der Waals surface area contributed by atoms with Gasteiger partial charge in [-0.2, -0.15) is 0 Å². The molecule has 2 fully saturated rings. The number of anilines is 1. The van der Waals surface area contributed by atoms with Gasteiger partial charge in [0.15, 0.2) is 0 Å². The van der Waals surface area contributed by atoms with Crippen LogP contribution in [0.3, 0.4) is 0 Å². The SMILES string of the molecule is Cl.O=C(CCC[C@H]1NCC2CC1CN(Cc1cccnc1)C2)N1CCc2ccccc21. The van der Waals surface area contributed by atoms with Crippen LogP contribution in [0.1, 0.15) is 36.8 Å². The maximum atomic E-state index is 12.8. The van der Waals surface area contributed by atoms with E-state index in [1.165, 1.54) is 24.1 Å². The Labute approximate surface area is 191 Å². The van der Waals surface area contributed by atoms with Crippen LogP contribution in [0.25, 0.3) is 0 Å². The molecule has 3 aliphatic heterocycles. The zero-order chi connectivity index (χ0) is 20.3. The average Bonchev–Trinajstić information content (AvgIpc) is 3.20.